The lowest BCUT2D eigenvalue weighted by Gasteiger charge is -2.13. The molecule has 1 radical (unpaired) electrons. The van der Waals surface area contributed by atoms with Gasteiger partial charge < -0.3 is 0 Å². The first-order valence-corrected chi connectivity index (χ1v) is 7.35. The molecule has 1 unspecified atom stereocenters. The molecule has 0 fully saturated rings. The smallest absolute Gasteiger partial charge is 0.102 e. The van der Waals surface area contributed by atoms with Gasteiger partial charge in [-0.05, 0) is 29.8 Å². The molecule has 1 aliphatic carbocycles. The summed E-state index contributed by atoms with van der Waals surface area (Å²) in [6.45, 7) is 6.09. The van der Waals surface area contributed by atoms with Crippen LogP contribution < -0.4 is 0 Å². The molecule has 0 saturated heterocycles. The summed E-state index contributed by atoms with van der Waals surface area (Å²) in [7, 11) is 2.26. The van der Waals surface area contributed by atoms with E-state index < -0.39 is 0 Å². The Labute approximate surface area is 123 Å². The van der Waals surface area contributed by atoms with Crippen molar-refractivity contribution in [2.45, 2.75) is 31.4 Å². The summed E-state index contributed by atoms with van der Waals surface area (Å²) < 4.78 is 0. The molecule has 2 atom stereocenters. The Bertz CT molecular complexity index is 508. The van der Waals surface area contributed by atoms with E-state index in [-0.39, 0.29) is 0 Å². The number of hydrogen-bond acceptors (Lipinski definition) is 0. The van der Waals surface area contributed by atoms with Crippen LogP contribution in [0.1, 0.15) is 24.3 Å². The van der Waals surface area contributed by atoms with E-state index in [0.717, 1.165) is 12.8 Å². The molecule has 0 bridgehead atoms. The van der Waals surface area contributed by atoms with Gasteiger partial charge in [0.1, 0.15) is 7.28 Å². The van der Waals surface area contributed by atoms with Gasteiger partial charge in [-0.2, -0.15) is 0 Å². The molecule has 0 heterocycles. The maximum atomic E-state index is 3.96. The lowest BCUT2D eigenvalue weighted by atomic mass is 9.64. The van der Waals surface area contributed by atoms with Crippen LogP contribution in [-0.4, -0.2) is 7.28 Å². The largest absolute Gasteiger partial charge is 0.115 e. The third-order valence-electron chi connectivity index (χ3n) is 3.77. The topological polar surface area (TPSA) is 0 Å². The molecule has 0 nitrogen and oxygen atoms in total. The average molecular weight is 261 g/mol. The maximum absolute atomic E-state index is 3.96. The van der Waals surface area contributed by atoms with Crippen molar-refractivity contribution in [2.75, 3.05) is 0 Å². The summed E-state index contributed by atoms with van der Waals surface area (Å²) in [6, 6.07) is 10.6. The van der Waals surface area contributed by atoms with E-state index in [1.54, 1.807) is 0 Å². The van der Waals surface area contributed by atoms with E-state index in [1.165, 1.54) is 11.1 Å². The van der Waals surface area contributed by atoms with Crippen molar-refractivity contribution in [1.29, 1.82) is 0 Å². The van der Waals surface area contributed by atoms with Crippen molar-refractivity contribution in [3.63, 3.8) is 0 Å². The molecule has 20 heavy (non-hydrogen) atoms. The average Bonchev–Trinajstić information content (AvgIpc) is 2.52. The first-order valence-electron chi connectivity index (χ1n) is 7.35. The fourth-order valence-electron chi connectivity index (χ4n) is 2.49. The first kappa shape index (κ1) is 14.6. The van der Waals surface area contributed by atoms with E-state index >= 15 is 0 Å². The van der Waals surface area contributed by atoms with E-state index in [2.05, 4.69) is 81.4 Å². The maximum Gasteiger partial charge on any atom is 0.115 e. The van der Waals surface area contributed by atoms with Gasteiger partial charge in [-0.1, -0.05) is 73.6 Å². The second-order valence-electron chi connectivity index (χ2n) is 5.19. The van der Waals surface area contributed by atoms with Crippen molar-refractivity contribution in [1.82, 2.24) is 0 Å². The molecule has 0 N–H and O–H groups in total. The summed E-state index contributed by atoms with van der Waals surface area (Å²) in [6.07, 6.45) is 15.5. The van der Waals surface area contributed by atoms with Crippen LogP contribution in [0, 0.1) is 0 Å². The summed E-state index contributed by atoms with van der Waals surface area (Å²) in [5.41, 5.74) is 2.65. The molecule has 101 valence electrons. The van der Waals surface area contributed by atoms with Gasteiger partial charge in [0.2, 0.25) is 0 Å². The highest BCUT2D eigenvalue weighted by Gasteiger charge is 2.07. The van der Waals surface area contributed by atoms with Gasteiger partial charge in [0, 0.05) is 5.92 Å². The number of rotatable bonds is 6. The third kappa shape index (κ3) is 4.13. The van der Waals surface area contributed by atoms with Gasteiger partial charge in [-0.15, -0.1) is 6.58 Å². The van der Waals surface area contributed by atoms with E-state index in [1.807, 2.05) is 6.08 Å². The Morgan fingerprint density at radius 2 is 2.15 bits per heavy atom. The third-order valence-corrected chi connectivity index (χ3v) is 3.77. The highest BCUT2D eigenvalue weighted by atomic mass is 14.1. The minimum atomic E-state index is 0.397. The van der Waals surface area contributed by atoms with Gasteiger partial charge in [-0.3, -0.25) is 0 Å². The lowest BCUT2D eigenvalue weighted by Crippen LogP contribution is -1.99. The van der Waals surface area contributed by atoms with E-state index in [0.29, 0.717) is 11.7 Å². The Morgan fingerprint density at radius 3 is 2.85 bits per heavy atom. The molecule has 1 heteroatoms. The molecule has 0 amide bonds. The molecule has 1 aliphatic rings. The monoisotopic (exact) mass is 261 g/mol. The normalized spacial score (nSPS) is 19.6. The number of hydrogen-bond donors (Lipinski definition) is 0. The number of allylic oxidation sites excluding steroid dienone is 7. The molecule has 0 spiro atoms. The van der Waals surface area contributed by atoms with Crippen molar-refractivity contribution in [3.05, 3.63) is 84.5 Å². The van der Waals surface area contributed by atoms with Crippen LogP contribution in [0.25, 0.3) is 0 Å². The lowest BCUT2D eigenvalue weighted by molar-refractivity contribution is 0.865. The van der Waals surface area contributed by atoms with Crippen molar-refractivity contribution < 1.29 is 0 Å². The van der Waals surface area contributed by atoms with Crippen LogP contribution in [0.15, 0.2) is 78.9 Å². The second kappa shape index (κ2) is 7.74. The fraction of sp³-hybridized carbons (Fsp3) is 0.263. The predicted molar refractivity (Wildman–Crippen MR) is 90.3 cm³/mol. The highest BCUT2D eigenvalue weighted by Crippen LogP contribution is 2.24. The van der Waals surface area contributed by atoms with Crippen LogP contribution in [0.4, 0.5) is 0 Å². The molecule has 0 saturated carbocycles. The van der Waals surface area contributed by atoms with Crippen LogP contribution in [0.3, 0.4) is 0 Å². The summed E-state index contributed by atoms with van der Waals surface area (Å²) in [5.74, 6) is 0.984. The zero-order chi connectivity index (χ0) is 14.2. The zero-order valence-electron chi connectivity index (χ0n) is 12.2. The molecule has 0 aliphatic heterocycles. The van der Waals surface area contributed by atoms with Gasteiger partial charge in [0.05, 0.1) is 0 Å². The fourth-order valence-corrected chi connectivity index (χ4v) is 2.49. The van der Waals surface area contributed by atoms with E-state index in [9.17, 15) is 0 Å². The van der Waals surface area contributed by atoms with Gasteiger partial charge in [0.15, 0.2) is 0 Å². The van der Waals surface area contributed by atoms with Crippen LogP contribution in [0.2, 0.25) is 12.6 Å². The quantitative estimate of drug-likeness (QED) is 0.479. The standard InChI is InChI=1S/C19H22B/c1-3-17(18-11-5-4-6-12-18)13-7-9-16-10-8-14-19(15-16)20-2/h3-12,15,17,19H,1,13-14H2,2H3/b9-7+/t17-,19?/m0/s1. The Balaban J connectivity index is 1.97. The summed E-state index contributed by atoms with van der Waals surface area (Å²) in [4.78, 5) is 0. The van der Waals surface area contributed by atoms with Gasteiger partial charge in [-0.25, -0.2) is 0 Å². The van der Waals surface area contributed by atoms with Crippen LogP contribution in [0.5, 0.6) is 0 Å². The molecular weight excluding hydrogens is 239 g/mol. The first-order chi connectivity index (χ1) is 9.83. The summed E-state index contributed by atoms with van der Waals surface area (Å²) in [5, 5.41) is 0. The number of benzene rings is 1. The van der Waals surface area contributed by atoms with Crippen molar-refractivity contribution >= 4 is 7.28 Å². The minimum absolute atomic E-state index is 0.397. The molecule has 2 rings (SSSR count). The van der Waals surface area contributed by atoms with E-state index in [4.69, 9.17) is 0 Å². The molecule has 1 aromatic rings. The highest BCUT2D eigenvalue weighted by molar-refractivity contribution is 6.36. The summed E-state index contributed by atoms with van der Waals surface area (Å²) >= 11 is 0. The Morgan fingerprint density at radius 1 is 1.35 bits per heavy atom. The van der Waals surface area contributed by atoms with Gasteiger partial charge >= 0.3 is 0 Å². The van der Waals surface area contributed by atoms with Crippen LogP contribution in [-0.2, 0) is 0 Å². The molecule has 1 aromatic carbocycles. The van der Waals surface area contributed by atoms with Crippen LogP contribution >= 0.6 is 0 Å². The SMILES string of the molecule is C=C[C@@H](C/C=C/C1=CC([B]C)CC=C1)c1ccccc1. The zero-order valence-corrected chi connectivity index (χ0v) is 12.2. The molecular formula is C19H22B. The minimum Gasteiger partial charge on any atom is -0.102 e. The van der Waals surface area contributed by atoms with Gasteiger partial charge in [0.25, 0.3) is 0 Å². The predicted octanol–water partition coefficient (Wildman–Crippen LogP) is 5.33. The van der Waals surface area contributed by atoms with Crippen molar-refractivity contribution in [2.24, 2.45) is 0 Å². The Hall–Kier alpha value is -1.76. The molecule has 0 aromatic heterocycles. The Kier molecular flexibility index (Phi) is 5.67. The second-order valence-corrected chi connectivity index (χ2v) is 5.19. The van der Waals surface area contributed by atoms with Crippen molar-refractivity contribution in [3.8, 4) is 0 Å².